The number of hydrogen-bond donors (Lipinski definition) is 1. The summed E-state index contributed by atoms with van der Waals surface area (Å²) in [5.74, 6) is 2.22. The number of piperazine rings is 1. The van der Waals surface area contributed by atoms with E-state index in [0.717, 1.165) is 49.1 Å². The second-order valence-corrected chi connectivity index (χ2v) is 8.61. The number of nitrogens with one attached hydrogen (secondary N) is 1. The van der Waals surface area contributed by atoms with Crippen LogP contribution in [0.1, 0.15) is 15.9 Å². The van der Waals surface area contributed by atoms with Crippen molar-refractivity contribution in [1.29, 1.82) is 0 Å². The van der Waals surface area contributed by atoms with Gasteiger partial charge in [0, 0.05) is 49.3 Å². The lowest BCUT2D eigenvalue weighted by Gasteiger charge is -2.36. The summed E-state index contributed by atoms with van der Waals surface area (Å²) in [6.07, 6.45) is 1.84. The second-order valence-electron chi connectivity index (χ2n) is 8.61. The van der Waals surface area contributed by atoms with Crippen LogP contribution in [0.4, 0.5) is 17.2 Å². The number of aryl methyl sites for hydroxylation is 1. The lowest BCUT2D eigenvalue weighted by molar-refractivity contribution is 0.102. The van der Waals surface area contributed by atoms with Crippen molar-refractivity contribution in [2.75, 3.05) is 41.3 Å². The molecule has 1 saturated heterocycles. The molecule has 0 aliphatic carbocycles. The predicted molar refractivity (Wildman–Crippen MR) is 141 cm³/mol. The standard InChI is InChI=1S/C29H28N4O2/c1-22-8-14-26(15-9-22)35-27-6-4-5-23(21-27)29(34)31-24-10-12-25(13-11-24)32-17-19-33(20-18-32)28-7-2-3-16-30-28/h2-16,21H,17-20H2,1H3,(H,31,34). The Morgan fingerprint density at radius 3 is 2.26 bits per heavy atom. The second kappa shape index (κ2) is 10.3. The third-order valence-corrected chi connectivity index (χ3v) is 6.10. The molecule has 1 fully saturated rings. The number of anilines is 3. The first-order chi connectivity index (χ1) is 17.1. The Morgan fingerprint density at radius 1 is 0.800 bits per heavy atom. The molecule has 4 aromatic rings. The summed E-state index contributed by atoms with van der Waals surface area (Å²) in [4.78, 5) is 22.0. The van der Waals surface area contributed by atoms with Crippen LogP contribution in [-0.2, 0) is 0 Å². The third kappa shape index (κ3) is 5.61. The van der Waals surface area contributed by atoms with Gasteiger partial charge in [0.25, 0.3) is 5.91 Å². The Hall–Kier alpha value is -4.32. The number of hydrogen-bond acceptors (Lipinski definition) is 5. The van der Waals surface area contributed by atoms with Gasteiger partial charge in [0.1, 0.15) is 17.3 Å². The fraction of sp³-hybridized carbons (Fsp3) is 0.172. The van der Waals surface area contributed by atoms with Crippen LogP contribution in [0.2, 0.25) is 0 Å². The summed E-state index contributed by atoms with van der Waals surface area (Å²) in [5, 5.41) is 2.99. The average molecular weight is 465 g/mol. The number of ether oxygens (including phenoxy) is 1. The van der Waals surface area contributed by atoms with Crippen molar-refractivity contribution >= 4 is 23.1 Å². The maximum absolute atomic E-state index is 12.8. The predicted octanol–water partition coefficient (Wildman–Crippen LogP) is 5.76. The molecule has 0 saturated carbocycles. The quantitative estimate of drug-likeness (QED) is 0.393. The number of pyridine rings is 1. The van der Waals surface area contributed by atoms with Gasteiger partial charge >= 0.3 is 0 Å². The average Bonchev–Trinajstić information content (AvgIpc) is 2.91. The Bertz CT molecular complexity index is 1270. The number of aromatic nitrogens is 1. The Balaban J connectivity index is 1.18. The topological polar surface area (TPSA) is 57.7 Å². The van der Waals surface area contributed by atoms with Gasteiger partial charge in [0.2, 0.25) is 0 Å². The number of nitrogens with zero attached hydrogens (tertiary/aromatic N) is 3. The fourth-order valence-electron chi connectivity index (χ4n) is 4.14. The van der Waals surface area contributed by atoms with Crippen molar-refractivity contribution in [3.05, 3.63) is 108 Å². The Kier molecular flexibility index (Phi) is 6.61. The highest BCUT2D eigenvalue weighted by atomic mass is 16.5. The van der Waals surface area contributed by atoms with E-state index in [2.05, 4.69) is 38.3 Å². The first kappa shape index (κ1) is 22.5. The van der Waals surface area contributed by atoms with Crippen LogP contribution < -0.4 is 19.9 Å². The SMILES string of the molecule is Cc1ccc(Oc2cccc(C(=O)Nc3ccc(N4CCN(c5ccccn5)CC4)cc3)c2)cc1. The lowest BCUT2D eigenvalue weighted by Crippen LogP contribution is -2.46. The fourth-order valence-corrected chi connectivity index (χ4v) is 4.14. The number of carbonyl (C=O) groups excluding carboxylic acids is 1. The van der Waals surface area contributed by atoms with Crippen LogP contribution in [0.5, 0.6) is 11.5 Å². The molecule has 3 aromatic carbocycles. The van der Waals surface area contributed by atoms with E-state index in [0.29, 0.717) is 11.3 Å². The first-order valence-electron chi connectivity index (χ1n) is 11.8. The molecule has 2 heterocycles. The van der Waals surface area contributed by atoms with Crippen LogP contribution in [-0.4, -0.2) is 37.1 Å². The summed E-state index contributed by atoms with van der Waals surface area (Å²) < 4.78 is 5.90. The number of carbonyl (C=O) groups is 1. The summed E-state index contributed by atoms with van der Waals surface area (Å²) in [6, 6.07) is 29.1. The normalized spacial score (nSPS) is 13.4. The highest BCUT2D eigenvalue weighted by Crippen LogP contribution is 2.24. The molecule has 5 rings (SSSR count). The summed E-state index contributed by atoms with van der Waals surface area (Å²) in [5.41, 5.74) is 3.63. The van der Waals surface area contributed by atoms with E-state index in [1.807, 2.05) is 73.8 Å². The molecule has 0 radical (unpaired) electrons. The molecule has 6 nitrogen and oxygen atoms in total. The van der Waals surface area contributed by atoms with Crippen molar-refractivity contribution in [3.8, 4) is 11.5 Å². The van der Waals surface area contributed by atoms with Gasteiger partial charge in [0.15, 0.2) is 0 Å². The molecule has 1 aliphatic rings. The zero-order chi connectivity index (χ0) is 24.0. The summed E-state index contributed by atoms with van der Waals surface area (Å²) >= 11 is 0. The minimum Gasteiger partial charge on any atom is -0.457 e. The van der Waals surface area contributed by atoms with Gasteiger partial charge in [0.05, 0.1) is 0 Å². The van der Waals surface area contributed by atoms with Gasteiger partial charge in [-0.25, -0.2) is 4.98 Å². The molecule has 1 aromatic heterocycles. The maximum atomic E-state index is 12.8. The van der Waals surface area contributed by atoms with Crippen LogP contribution in [0.3, 0.4) is 0 Å². The van der Waals surface area contributed by atoms with Crippen LogP contribution in [0.15, 0.2) is 97.2 Å². The summed E-state index contributed by atoms with van der Waals surface area (Å²) in [6.45, 7) is 5.74. The first-order valence-corrected chi connectivity index (χ1v) is 11.8. The van der Waals surface area contributed by atoms with Crippen molar-refractivity contribution in [1.82, 2.24) is 4.98 Å². The van der Waals surface area contributed by atoms with E-state index in [-0.39, 0.29) is 5.91 Å². The molecule has 176 valence electrons. The van der Waals surface area contributed by atoms with Gasteiger partial charge in [-0.15, -0.1) is 0 Å². The molecule has 0 unspecified atom stereocenters. The van der Waals surface area contributed by atoms with E-state index in [1.165, 1.54) is 5.56 Å². The molecule has 0 atom stereocenters. The van der Waals surface area contributed by atoms with Crippen molar-refractivity contribution < 1.29 is 9.53 Å². The minimum atomic E-state index is -0.170. The van der Waals surface area contributed by atoms with Crippen LogP contribution in [0, 0.1) is 6.92 Å². The summed E-state index contributed by atoms with van der Waals surface area (Å²) in [7, 11) is 0. The molecule has 1 amide bonds. The maximum Gasteiger partial charge on any atom is 0.255 e. The largest absolute Gasteiger partial charge is 0.457 e. The molecular weight excluding hydrogens is 436 g/mol. The highest BCUT2D eigenvalue weighted by Gasteiger charge is 2.18. The molecule has 0 bridgehead atoms. The van der Waals surface area contributed by atoms with Gasteiger partial charge in [-0.2, -0.15) is 0 Å². The molecule has 1 aliphatic heterocycles. The van der Waals surface area contributed by atoms with Gasteiger partial charge in [-0.1, -0.05) is 29.8 Å². The van der Waals surface area contributed by atoms with E-state index in [1.54, 1.807) is 12.1 Å². The van der Waals surface area contributed by atoms with Gasteiger partial charge in [-0.05, 0) is 73.7 Å². The minimum absolute atomic E-state index is 0.170. The zero-order valence-corrected chi connectivity index (χ0v) is 19.7. The van der Waals surface area contributed by atoms with Gasteiger partial charge in [-0.3, -0.25) is 4.79 Å². The molecule has 1 N–H and O–H groups in total. The van der Waals surface area contributed by atoms with Crippen molar-refractivity contribution in [2.45, 2.75) is 6.92 Å². The van der Waals surface area contributed by atoms with E-state index in [9.17, 15) is 4.79 Å². The van der Waals surface area contributed by atoms with Gasteiger partial charge < -0.3 is 19.9 Å². The lowest BCUT2D eigenvalue weighted by atomic mass is 10.2. The molecule has 35 heavy (non-hydrogen) atoms. The third-order valence-electron chi connectivity index (χ3n) is 6.10. The number of rotatable bonds is 6. The van der Waals surface area contributed by atoms with E-state index >= 15 is 0 Å². The number of benzene rings is 3. The Morgan fingerprint density at radius 2 is 1.54 bits per heavy atom. The van der Waals surface area contributed by atoms with Crippen LogP contribution >= 0.6 is 0 Å². The Labute approximate surface area is 205 Å². The van der Waals surface area contributed by atoms with E-state index < -0.39 is 0 Å². The van der Waals surface area contributed by atoms with Crippen molar-refractivity contribution in [2.24, 2.45) is 0 Å². The smallest absolute Gasteiger partial charge is 0.255 e. The molecular formula is C29H28N4O2. The molecule has 0 spiro atoms. The van der Waals surface area contributed by atoms with E-state index in [4.69, 9.17) is 4.74 Å². The monoisotopic (exact) mass is 464 g/mol. The van der Waals surface area contributed by atoms with Crippen LogP contribution in [0.25, 0.3) is 0 Å². The molecule has 6 heteroatoms. The highest BCUT2D eigenvalue weighted by molar-refractivity contribution is 6.04. The zero-order valence-electron chi connectivity index (χ0n) is 19.7. The number of amides is 1. The van der Waals surface area contributed by atoms with Crippen molar-refractivity contribution in [3.63, 3.8) is 0 Å².